The molecule has 2 N–H and O–H groups in total. The van der Waals surface area contributed by atoms with E-state index in [2.05, 4.69) is 22.2 Å². The third-order valence-electron chi connectivity index (χ3n) is 3.52. The third kappa shape index (κ3) is 8.03. The molecule has 0 saturated carbocycles. The van der Waals surface area contributed by atoms with Crippen molar-refractivity contribution in [3.8, 4) is 0 Å². The first-order chi connectivity index (χ1) is 8.68. The van der Waals surface area contributed by atoms with Crippen LogP contribution in [0.5, 0.6) is 0 Å². The summed E-state index contributed by atoms with van der Waals surface area (Å²) in [6, 6.07) is 0. The second kappa shape index (κ2) is 9.73. The molecule has 18 heavy (non-hydrogen) atoms. The number of nitrogens with zero attached hydrogens (tertiary/aromatic N) is 2. The monoisotopic (exact) mass is 257 g/mol. The lowest BCUT2D eigenvalue weighted by molar-refractivity contribution is 0.142. The molecule has 0 aliphatic carbocycles. The van der Waals surface area contributed by atoms with E-state index >= 15 is 0 Å². The molecule has 0 bridgehead atoms. The smallest absolute Gasteiger partial charge is 0.0638 e. The van der Waals surface area contributed by atoms with Crippen molar-refractivity contribution in [2.45, 2.75) is 38.7 Å². The Hall–Kier alpha value is -0.160. The van der Waals surface area contributed by atoms with Crippen LogP contribution in [0.1, 0.15) is 32.6 Å². The maximum Gasteiger partial charge on any atom is 0.0638 e. The molecule has 1 aliphatic rings. The molecule has 1 saturated heterocycles. The normalized spacial score (nSPS) is 19.3. The van der Waals surface area contributed by atoms with E-state index in [1.165, 1.54) is 45.3 Å². The number of likely N-dealkylation sites (tertiary alicyclic amines) is 1. The minimum Gasteiger partial charge on any atom is -0.392 e. The Kier molecular flexibility index (Phi) is 8.59. The summed E-state index contributed by atoms with van der Waals surface area (Å²) in [6.45, 7) is 9.58. The van der Waals surface area contributed by atoms with Crippen LogP contribution in [-0.2, 0) is 0 Å². The van der Waals surface area contributed by atoms with Gasteiger partial charge in [-0.2, -0.15) is 0 Å². The van der Waals surface area contributed by atoms with Crippen molar-refractivity contribution < 1.29 is 5.11 Å². The third-order valence-corrected chi connectivity index (χ3v) is 3.52. The SMILES string of the molecule is CC(O)CN(C)CCNCCCN1CCCCC1. The highest BCUT2D eigenvalue weighted by atomic mass is 16.3. The second-order valence-corrected chi connectivity index (χ2v) is 5.62. The van der Waals surface area contributed by atoms with Crippen molar-refractivity contribution >= 4 is 0 Å². The van der Waals surface area contributed by atoms with Gasteiger partial charge in [-0.1, -0.05) is 6.42 Å². The minimum atomic E-state index is -0.228. The predicted molar refractivity (Wildman–Crippen MR) is 77.0 cm³/mol. The number of hydrogen-bond acceptors (Lipinski definition) is 4. The highest BCUT2D eigenvalue weighted by molar-refractivity contribution is 4.65. The predicted octanol–water partition coefficient (Wildman–Crippen LogP) is 0.765. The summed E-state index contributed by atoms with van der Waals surface area (Å²) >= 11 is 0. The first-order valence-electron chi connectivity index (χ1n) is 7.48. The molecule has 0 spiro atoms. The Balaban J connectivity index is 1.86. The summed E-state index contributed by atoms with van der Waals surface area (Å²) in [5.41, 5.74) is 0. The fourth-order valence-electron chi connectivity index (χ4n) is 2.55. The topological polar surface area (TPSA) is 38.7 Å². The van der Waals surface area contributed by atoms with Gasteiger partial charge in [0.1, 0.15) is 0 Å². The van der Waals surface area contributed by atoms with E-state index in [0.717, 1.165) is 26.2 Å². The van der Waals surface area contributed by atoms with Gasteiger partial charge >= 0.3 is 0 Å². The molecule has 108 valence electrons. The highest BCUT2D eigenvalue weighted by Crippen LogP contribution is 2.08. The van der Waals surface area contributed by atoms with Crippen LogP contribution in [0.2, 0.25) is 0 Å². The van der Waals surface area contributed by atoms with E-state index in [4.69, 9.17) is 0 Å². The molecule has 4 heteroatoms. The Morgan fingerprint density at radius 2 is 1.94 bits per heavy atom. The lowest BCUT2D eigenvalue weighted by Crippen LogP contribution is -2.35. The molecule has 1 rings (SSSR count). The fourth-order valence-corrected chi connectivity index (χ4v) is 2.55. The van der Waals surface area contributed by atoms with Crippen molar-refractivity contribution in [2.75, 3.05) is 52.9 Å². The van der Waals surface area contributed by atoms with Crippen molar-refractivity contribution in [1.29, 1.82) is 0 Å². The molecule has 1 atom stereocenters. The average Bonchev–Trinajstić information content (AvgIpc) is 2.34. The Morgan fingerprint density at radius 1 is 1.22 bits per heavy atom. The van der Waals surface area contributed by atoms with Crippen LogP contribution in [0.4, 0.5) is 0 Å². The van der Waals surface area contributed by atoms with Gasteiger partial charge in [-0.15, -0.1) is 0 Å². The van der Waals surface area contributed by atoms with Crippen LogP contribution < -0.4 is 5.32 Å². The summed E-state index contributed by atoms with van der Waals surface area (Å²) in [5, 5.41) is 12.7. The summed E-state index contributed by atoms with van der Waals surface area (Å²) in [7, 11) is 2.06. The van der Waals surface area contributed by atoms with Gasteiger partial charge in [0.15, 0.2) is 0 Å². The van der Waals surface area contributed by atoms with Crippen LogP contribution in [-0.4, -0.2) is 73.9 Å². The van der Waals surface area contributed by atoms with E-state index in [1.54, 1.807) is 0 Å². The highest BCUT2D eigenvalue weighted by Gasteiger charge is 2.08. The summed E-state index contributed by atoms with van der Waals surface area (Å²) in [4.78, 5) is 4.76. The number of nitrogens with one attached hydrogen (secondary N) is 1. The first kappa shape index (κ1) is 15.9. The number of aliphatic hydroxyl groups is 1. The van der Waals surface area contributed by atoms with E-state index in [1.807, 2.05) is 6.92 Å². The zero-order valence-electron chi connectivity index (χ0n) is 12.2. The molecular weight excluding hydrogens is 226 g/mol. The molecular formula is C14H31N3O. The van der Waals surface area contributed by atoms with Gasteiger partial charge in [-0.3, -0.25) is 0 Å². The molecule has 4 nitrogen and oxygen atoms in total. The molecule has 1 fully saturated rings. The molecule has 1 heterocycles. The summed E-state index contributed by atoms with van der Waals surface area (Å²) in [5.74, 6) is 0. The van der Waals surface area contributed by atoms with Gasteiger partial charge in [0.05, 0.1) is 6.10 Å². The Bertz CT molecular complexity index is 193. The van der Waals surface area contributed by atoms with E-state index in [9.17, 15) is 5.11 Å². The maximum absolute atomic E-state index is 9.24. The van der Waals surface area contributed by atoms with Gasteiger partial charge in [-0.25, -0.2) is 0 Å². The van der Waals surface area contributed by atoms with Crippen LogP contribution in [0, 0.1) is 0 Å². The van der Waals surface area contributed by atoms with Gasteiger partial charge in [-0.05, 0) is 59.4 Å². The summed E-state index contributed by atoms with van der Waals surface area (Å²) in [6.07, 6.45) is 5.22. The lowest BCUT2D eigenvalue weighted by Gasteiger charge is -2.26. The molecule has 0 amide bonds. The van der Waals surface area contributed by atoms with Crippen LogP contribution >= 0.6 is 0 Å². The standard InChI is InChI=1S/C14H31N3O/c1-14(18)13-16(2)12-8-15-7-6-11-17-9-4-3-5-10-17/h14-15,18H,3-13H2,1-2H3. The van der Waals surface area contributed by atoms with Crippen molar-refractivity contribution in [2.24, 2.45) is 0 Å². The van der Waals surface area contributed by atoms with E-state index < -0.39 is 0 Å². The zero-order valence-corrected chi connectivity index (χ0v) is 12.2. The van der Waals surface area contributed by atoms with Crippen LogP contribution in [0.3, 0.4) is 0 Å². The number of likely N-dealkylation sites (N-methyl/N-ethyl adjacent to an activating group) is 1. The second-order valence-electron chi connectivity index (χ2n) is 5.62. The molecule has 1 aliphatic heterocycles. The molecule has 0 radical (unpaired) electrons. The fraction of sp³-hybridized carbons (Fsp3) is 1.00. The van der Waals surface area contributed by atoms with Crippen molar-refractivity contribution in [1.82, 2.24) is 15.1 Å². The van der Waals surface area contributed by atoms with Gasteiger partial charge in [0.25, 0.3) is 0 Å². The van der Waals surface area contributed by atoms with Gasteiger partial charge in [0, 0.05) is 19.6 Å². The lowest BCUT2D eigenvalue weighted by atomic mass is 10.1. The number of hydrogen-bond donors (Lipinski definition) is 2. The Labute approximate surface area is 112 Å². The van der Waals surface area contributed by atoms with Crippen molar-refractivity contribution in [3.63, 3.8) is 0 Å². The van der Waals surface area contributed by atoms with Crippen molar-refractivity contribution in [3.05, 3.63) is 0 Å². The van der Waals surface area contributed by atoms with Crippen LogP contribution in [0.15, 0.2) is 0 Å². The number of aliphatic hydroxyl groups excluding tert-OH is 1. The maximum atomic E-state index is 9.24. The minimum absolute atomic E-state index is 0.228. The Morgan fingerprint density at radius 3 is 2.61 bits per heavy atom. The van der Waals surface area contributed by atoms with Crippen LogP contribution in [0.25, 0.3) is 0 Å². The molecule has 0 aromatic carbocycles. The van der Waals surface area contributed by atoms with Gasteiger partial charge in [0.2, 0.25) is 0 Å². The first-order valence-corrected chi connectivity index (χ1v) is 7.48. The molecule has 1 unspecified atom stereocenters. The van der Waals surface area contributed by atoms with E-state index in [-0.39, 0.29) is 6.10 Å². The largest absolute Gasteiger partial charge is 0.392 e. The average molecular weight is 257 g/mol. The number of rotatable bonds is 9. The van der Waals surface area contributed by atoms with Gasteiger partial charge < -0.3 is 20.2 Å². The van der Waals surface area contributed by atoms with E-state index in [0.29, 0.717) is 0 Å². The number of piperidine rings is 1. The summed E-state index contributed by atoms with van der Waals surface area (Å²) < 4.78 is 0. The molecule has 0 aromatic heterocycles. The molecule has 0 aromatic rings. The quantitative estimate of drug-likeness (QED) is 0.598. The zero-order chi connectivity index (χ0) is 13.2.